The van der Waals surface area contributed by atoms with Crippen LogP contribution in [0.25, 0.3) is 11.0 Å². The number of halogens is 1. The van der Waals surface area contributed by atoms with Gasteiger partial charge in [0.1, 0.15) is 5.82 Å². The van der Waals surface area contributed by atoms with Gasteiger partial charge in [-0.25, -0.2) is 4.98 Å². The first kappa shape index (κ1) is 14.4. The highest BCUT2D eigenvalue weighted by atomic mass is 35.5. The fraction of sp³-hybridized carbons (Fsp3) is 0.467. The number of aryl methyl sites for hydroxylation is 1. The van der Waals surface area contributed by atoms with Crippen molar-refractivity contribution in [3.8, 4) is 0 Å². The molecule has 1 N–H and O–H groups in total. The Labute approximate surface area is 127 Å². The van der Waals surface area contributed by atoms with Crippen molar-refractivity contribution in [2.45, 2.75) is 38.3 Å². The van der Waals surface area contributed by atoms with Gasteiger partial charge in [-0.3, -0.25) is 4.79 Å². The fourth-order valence-corrected chi connectivity index (χ4v) is 3.06. The van der Waals surface area contributed by atoms with Crippen LogP contribution in [0.15, 0.2) is 18.2 Å². The molecule has 0 spiro atoms. The van der Waals surface area contributed by atoms with Gasteiger partial charge in [0.15, 0.2) is 0 Å². The zero-order chi connectivity index (χ0) is 14.8. The largest absolute Gasteiger partial charge is 0.481 e. The van der Waals surface area contributed by atoms with E-state index in [-0.39, 0.29) is 12.5 Å². The second-order valence-electron chi connectivity index (χ2n) is 5.27. The van der Waals surface area contributed by atoms with E-state index in [4.69, 9.17) is 21.4 Å². The average Bonchev–Trinajstić information content (AvgIpc) is 3.06. The molecule has 1 atom stereocenters. The molecule has 0 radical (unpaired) electrons. The Morgan fingerprint density at radius 2 is 2.38 bits per heavy atom. The number of para-hydroxylation sites is 1. The lowest BCUT2D eigenvalue weighted by atomic mass is 10.2. The summed E-state index contributed by atoms with van der Waals surface area (Å²) < 4.78 is 7.71. The summed E-state index contributed by atoms with van der Waals surface area (Å²) in [5.74, 6) is -0.0622. The molecule has 6 heteroatoms. The third-order valence-electron chi connectivity index (χ3n) is 3.77. The van der Waals surface area contributed by atoms with Crippen LogP contribution < -0.4 is 0 Å². The van der Waals surface area contributed by atoms with Gasteiger partial charge in [-0.1, -0.05) is 17.7 Å². The number of aliphatic carboxylic acids is 1. The number of hydrogen-bond donors (Lipinski definition) is 1. The second-order valence-corrected chi connectivity index (χ2v) is 5.68. The summed E-state index contributed by atoms with van der Waals surface area (Å²) in [6.07, 6.45) is 2.69. The number of carboxylic acids is 1. The molecule has 0 amide bonds. The Morgan fingerprint density at radius 3 is 3.10 bits per heavy atom. The molecular weight excluding hydrogens is 292 g/mol. The van der Waals surface area contributed by atoms with Crippen molar-refractivity contribution in [1.29, 1.82) is 0 Å². The summed E-state index contributed by atoms with van der Waals surface area (Å²) >= 11 is 6.31. The lowest BCUT2D eigenvalue weighted by Gasteiger charge is -2.14. The molecule has 3 rings (SSSR count). The number of aromatic nitrogens is 2. The van der Waals surface area contributed by atoms with Crippen LogP contribution in [-0.2, 0) is 22.5 Å². The molecule has 1 aromatic carbocycles. The Hall–Kier alpha value is -1.59. The molecule has 5 nitrogen and oxygen atoms in total. The molecule has 112 valence electrons. The van der Waals surface area contributed by atoms with E-state index in [1.807, 2.05) is 22.8 Å². The van der Waals surface area contributed by atoms with E-state index in [9.17, 15) is 4.79 Å². The Kier molecular flexibility index (Phi) is 4.12. The van der Waals surface area contributed by atoms with Gasteiger partial charge in [0, 0.05) is 13.0 Å². The fourth-order valence-electron chi connectivity index (χ4n) is 2.79. The molecule has 1 aliphatic heterocycles. The van der Waals surface area contributed by atoms with E-state index in [0.717, 1.165) is 36.3 Å². The molecular formula is C15H17ClN2O3. The molecule has 1 saturated heterocycles. The van der Waals surface area contributed by atoms with Gasteiger partial charge in [-0.15, -0.1) is 0 Å². The molecule has 0 saturated carbocycles. The van der Waals surface area contributed by atoms with E-state index in [1.54, 1.807) is 0 Å². The van der Waals surface area contributed by atoms with Gasteiger partial charge in [0.05, 0.1) is 35.1 Å². The van der Waals surface area contributed by atoms with Crippen molar-refractivity contribution in [3.63, 3.8) is 0 Å². The first-order valence-corrected chi connectivity index (χ1v) is 7.50. The van der Waals surface area contributed by atoms with Gasteiger partial charge in [0.25, 0.3) is 0 Å². The van der Waals surface area contributed by atoms with Crippen LogP contribution in [0.5, 0.6) is 0 Å². The van der Waals surface area contributed by atoms with Gasteiger partial charge in [-0.2, -0.15) is 0 Å². The highest BCUT2D eigenvalue weighted by Crippen LogP contribution is 2.27. The maximum atomic E-state index is 10.8. The molecule has 1 aromatic heterocycles. The maximum absolute atomic E-state index is 10.8. The third kappa shape index (κ3) is 3.04. The van der Waals surface area contributed by atoms with Gasteiger partial charge in [-0.05, 0) is 25.0 Å². The molecule has 0 aliphatic carbocycles. The topological polar surface area (TPSA) is 64.3 Å². The minimum absolute atomic E-state index is 0.0620. The number of benzene rings is 1. The lowest BCUT2D eigenvalue weighted by Crippen LogP contribution is -2.17. The van der Waals surface area contributed by atoms with E-state index in [0.29, 0.717) is 18.0 Å². The molecule has 1 aliphatic rings. The maximum Gasteiger partial charge on any atom is 0.303 e. The number of imidazole rings is 1. The number of carbonyl (C=O) groups is 1. The number of ether oxygens (including phenoxy) is 1. The summed E-state index contributed by atoms with van der Waals surface area (Å²) in [5.41, 5.74) is 1.68. The Bertz CT molecular complexity index is 662. The van der Waals surface area contributed by atoms with Crippen molar-refractivity contribution in [3.05, 3.63) is 29.0 Å². The Morgan fingerprint density at radius 1 is 1.52 bits per heavy atom. The Balaban J connectivity index is 1.98. The predicted molar refractivity (Wildman–Crippen MR) is 79.7 cm³/mol. The summed E-state index contributed by atoms with van der Waals surface area (Å²) in [4.78, 5) is 15.4. The zero-order valence-corrected chi connectivity index (χ0v) is 12.3. The summed E-state index contributed by atoms with van der Waals surface area (Å²) in [7, 11) is 0. The van der Waals surface area contributed by atoms with Crippen molar-refractivity contribution in [2.75, 3.05) is 6.61 Å². The molecule has 1 fully saturated rings. The number of nitrogens with zero attached hydrogens (tertiary/aromatic N) is 2. The number of fused-ring (bicyclic) bond motifs is 1. The monoisotopic (exact) mass is 308 g/mol. The molecule has 21 heavy (non-hydrogen) atoms. The summed E-state index contributed by atoms with van der Waals surface area (Å²) in [5, 5.41) is 9.53. The molecule has 0 unspecified atom stereocenters. The van der Waals surface area contributed by atoms with Crippen molar-refractivity contribution in [1.82, 2.24) is 9.55 Å². The van der Waals surface area contributed by atoms with Gasteiger partial charge in [0.2, 0.25) is 0 Å². The van der Waals surface area contributed by atoms with Crippen LogP contribution in [0.4, 0.5) is 0 Å². The van der Waals surface area contributed by atoms with Crippen molar-refractivity contribution in [2.24, 2.45) is 0 Å². The molecule has 2 aromatic rings. The third-order valence-corrected chi connectivity index (χ3v) is 4.07. The van der Waals surface area contributed by atoms with Crippen LogP contribution in [0.3, 0.4) is 0 Å². The summed E-state index contributed by atoms with van der Waals surface area (Å²) in [6, 6.07) is 5.59. The van der Waals surface area contributed by atoms with Crippen LogP contribution in [-0.4, -0.2) is 33.3 Å². The first-order chi connectivity index (χ1) is 10.1. The van der Waals surface area contributed by atoms with E-state index in [2.05, 4.69) is 4.98 Å². The molecule has 0 bridgehead atoms. The standard InChI is InChI=1S/C15H17ClN2O3/c16-11-4-1-5-12-15(11)18(9-10-3-2-8-21-10)13(17-12)6-7-14(19)20/h1,4-5,10H,2-3,6-9H2,(H,19,20)/t10-/m0/s1. The minimum Gasteiger partial charge on any atom is -0.481 e. The SMILES string of the molecule is O=C(O)CCc1nc2cccc(Cl)c2n1C[C@@H]1CCCO1. The number of carboxylic acid groups (broad SMARTS) is 1. The highest BCUT2D eigenvalue weighted by molar-refractivity contribution is 6.35. The van der Waals surface area contributed by atoms with Crippen molar-refractivity contribution < 1.29 is 14.6 Å². The van der Waals surface area contributed by atoms with Crippen LogP contribution in [0.2, 0.25) is 5.02 Å². The van der Waals surface area contributed by atoms with E-state index >= 15 is 0 Å². The van der Waals surface area contributed by atoms with Crippen LogP contribution in [0, 0.1) is 0 Å². The second kappa shape index (κ2) is 6.03. The van der Waals surface area contributed by atoms with Gasteiger partial charge >= 0.3 is 5.97 Å². The summed E-state index contributed by atoms with van der Waals surface area (Å²) in [6.45, 7) is 1.46. The number of rotatable bonds is 5. The van der Waals surface area contributed by atoms with E-state index in [1.165, 1.54) is 0 Å². The van der Waals surface area contributed by atoms with E-state index < -0.39 is 5.97 Å². The van der Waals surface area contributed by atoms with Crippen LogP contribution >= 0.6 is 11.6 Å². The minimum atomic E-state index is -0.822. The smallest absolute Gasteiger partial charge is 0.303 e. The zero-order valence-electron chi connectivity index (χ0n) is 11.6. The number of hydrogen-bond acceptors (Lipinski definition) is 3. The predicted octanol–water partition coefficient (Wildman–Crippen LogP) is 2.89. The molecule has 2 heterocycles. The van der Waals surface area contributed by atoms with Gasteiger partial charge < -0.3 is 14.4 Å². The quantitative estimate of drug-likeness (QED) is 0.922. The highest BCUT2D eigenvalue weighted by Gasteiger charge is 2.21. The van der Waals surface area contributed by atoms with Crippen molar-refractivity contribution >= 4 is 28.6 Å². The first-order valence-electron chi connectivity index (χ1n) is 7.12. The average molecular weight is 309 g/mol. The normalized spacial score (nSPS) is 18.4. The lowest BCUT2D eigenvalue weighted by molar-refractivity contribution is -0.137. The van der Waals surface area contributed by atoms with Crippen LogP contribution in [0.1, 0.15) is 25.1 Å².